The molecule has 0 aliphatic carbocycles. The van der Waals surface area contributed by atoms with Crippen molar-refractivity contribution in [2.24, 2.45) is 0 Å². The van der Waals surface area contributed by atoms with Crippen LogP contribution in [-0.2, 0) is 15.0 Å². The molecule has 0 saturated carbocycles. The molecule has 32 heavy (non-hydrogen) atoms. The van der Waals surface area contributed by atoms with Crippen molar-refractivity contribution in [2.45, 2.75) is 19.3 Å². The molecule has 4 aromatic rings. The van der Waals surface area contributed by atoms with Crippen LogP contribution in [0.2, 0.25) is 0 Å². The van der Waals surface area contributed by atoms with Crippen LogP contribution in [0.4, 0.5) is 0 Å². The van der Waals surface area contributed by atoms with Crippen molar-refractivity contribution in [3.05, 3.63) is 71.0 Å². The maximum atomic E-state index is 12.6. The minimum atomic E-state index is -0.524. The second kappa shape index (κ2) is 6.17. The second-order valence-electron chi connectivity index (χ2n) is 8.73. The van der Waals surface area contributed by atoms with Gasteiger partial charge in [-0.1, -0.05) is 50.2 Å². The third-order valence-corrected chi connectivity index (χ3v) is 6.94. The number of carbonyl (C=O) groups excluding carboxylic acids is 2. The summed E-state index contributed by atoms with van der Waals surface area (Å²) in [6, 6.07) is 16.5. The van der Waals surface area contributed by atoms with Crippen molar-refractivity contribution < 1.29 is 14.0 Å². The first-order chi connectivity index (χ1) is 15.3. The van der Waals surface area contributed by atoms with E-state index in [1.807, 2.05) is 18.2 Å². The maximum absolute atomic E-state index is 12.6. The minimum Gasteiger partial charge on any atom is -0.440 e. The van der Waals surface area contributed by atoms with Crippen molar-refractivity contribution in [2.75, 3.05) is 7.05 Å². The van der Waals surface area contributed by atoms with E-state index in [1.54, 1.807) is 0 Å². The summed E-state index contributed by atoms with van der Waals surface area (Å²) in [7, 11) is 1.54. The smallest absolute Gasteiger partial charge is 0.265 e. The maximum Gasteiger partial charge on any atom is 0.265 e. The molecule has 0 radical (unpaired) electrons. The highest BCUT2D eigenvalue weighted by Crippen LogP contribution is 2.48. The SMILES string of the molecule is CN1C(=O)/C(=C/c2cc3c(o2)-n2c4ccccc4c4cccc(c42)C3(C)C)C(=O)NC1=S. The van der Waals surface area contributed by atoms with Gasteiger partial charge in [0.2, 0.25) is 5.88 Å². The molecule has 0 atom stereocenters. The van der Waals surface area contributed by atoms with Gasteiger partial charge >= 0.3 is 0 Å². The normalized spacial score (nSPS) is 18.5. The zero-order valence-electron chi connectivity index (χ0n) is 17.7. The van der Waals surface area contributed by atoms with Gasteiger partial charge in [0.05, 0.1) is 11.0 Å². The number of fused-ring (bicyclic) bond motifs is 5. The molecule has 1 N–H and O–H groups in total. The van der Waals surface area contributed by atoms with Gasteiger partial charge in [-0.3, -0.25) is 24.4 Å². The lowest BCUT2D eigenvalue weighted by atomic mass is 9.76. The molecule has 1 fully saturated rings. The number of aromatic nitrogens is 1. The van der Waals surface area contributed by atoms with Crippen LogP contribution < -0.4 is 5.32 Å². The lowest BCUT2D eigenvalue weighted by molar-refractivity contribution is -0.128. The first-order valence-electron chi connectivity index (χ1n) is 10.3. The number of para-hydroxylation sites is 2. The van der Waals surface area contributed by atoms with Gasteiger partial charge < -0.3 is 4.42 Å². The Bertz CT molecular complexity index is 1550. The largest absolute Gasteiger partial charge is 0.440 e. The first-order valence-corrected chi connectivity index (χ1v) is 10.7. The van der Waals surface area contributed by atoms with E-state index in [4.69, 9.17) is 16.6 Å². The number of carbonyl (C=O) groups is 2. The van der Waals surface area contributed by atoms with Crippen molar-refractivity contribution >= 4 is 57.0 Å². The molecular formula is C25H19N3O3S. The first kappa shape index (κ1) is 19.0. The molecule has 2 aromatic carbocycles. The summed E-state index contributed by atoms with van der Waals surface area (Å²) in [5.74, 6) is 0.175. The number of furan rings is 1. The molecule has 0 unspecified atom stereocenters. The van der Waals surface area contributed by atoms with Crippen molar-refractivity contribution in [3.63, 3.8) is 0 Å². The highest BCUT2D eigenvalue weighted by Gasteiger charge is 2.38. The molecule has 0 bridgehead atoms. The molecular weight excluding hydrogens is 422 g/mol. The van der Waals surface area contributed by atoms with Crippen LogP contribution in [0.5, 0.6) is 0 Å². The van der Waals surface area contributed by atoms with Crippen molar-refractivity contribution in [1.29, 1.82) is 0 Å². The van der Waals surface area contributed by atoms with Crippen molar-refractivity contribution in [3.8, 4) is 5.88 Å². The van der Waals surface area contributed by atoms with E-state index < -0.39 is 11.8 Å². The highest BCUT2D eigenvalue weighted by atomic mass is 32.1. The number of nitrogens with one attached hydrogen (secondary N) is 1. The molecule has 6 nitrogen and oxygen atoms in total. The van der Waals surface area contributed by atoms with Gasteiger partial charge in [0.1, 0.15) is 11.3 Å². The lowest BCUT2D eigenvalue weighted by Crippen LogP contribution is -2.52. The topological polar surface area (TPSA) is 67.5 Å². The highest BCUT2D eigenvalue weighted by molar-refractivity contribution is 7.80. The zero-order valence-corrected chi connectivity index (χ0v) is 18.5. The Kier molecular flexibility index (Phi) is 3.67. The van der Waals surface area contributed by atoms with Gasteiger partial charge in [-0.15, -0.1) is 0 Å². The monoisotopic (exact) mass is 441 g/mol. The fourth-order valence-corrected chi connectivity index (χ4v) is 5.03. The summed E-state index contributed by atoms with van der Waals surface area (Å²) < 4.78 is 8.47. The van der Waals surface area contributed by atoms with Gasteiger partial charge in [-0.2, -0.15) is 0 Å². The number of amides is 2. The number of thiocarbonyl (C=S) groups is 1. The Morgan fingerprint density at radius 3 is 2.59 bits per heavy atom. The third kappa shape index (κ3) is 2.31. The number of hydrogen-bond donors (Lipinski definition) is 1. The van der Waals surface area contributed by atoms with Crippen molar-refractivity contribution in [1.82, 2.24) is 14.8 Å². The summed E-state index contributed by atoms with van der Waals surface area (Å²) >= 11 is 5.03. The Morgan fingerprint density at radius 1 is 1.03 bits per heavy atom. The molecule has 0 spiro atoms. The fourth-order valence-electron chi connectivity index (χ4n) is 4.85. The van der Waals surface area contributed by atoms with Crippen LogP contribution in [0.3, 0.4) is 0 Å². The van der Waals surface area contributed by atoms with Crippen LogP contribution in [-0.4, -0.2) is 33.4 Å². The second-order valence-corrected chi connectivity index (χ2v) is 9.12. The predicted molar refractivity (Wildman–Crippen MR) is 127 cm³/mol. The molecule has 2 aliphatic heterocycles. The Hall–Kier alpha value is -3.71. The predicted octanol–water partition coefficient (Wildman–Crippen LogP) is 4.27. The van der Waals surface area contributed by atoms with E-state index in [1.165, 1.54) is 29.0 Å². The van der Waals surface area contributed by atoms with E-state index in [2.05, 4.69) is 54.1 Å². The van der Waals surface area contributed by atoms with Gasteiger partial charge in [0, 0.05) is 28.8 Å². The van der Waals surface area contributed by atoms with E-state index in [0.29, 0.717) is 11.6 Å². The molecule has 1 saturated heterocycles. The number of rotatable bonds is 1. The van der Waals surface area contributed by atoms with Crippen LogP contribution in [0.25, 0.3) is 33.8 Å². The molecule has 2 aromatic heterocycles. The van der Waals surface area contributed by atoms with Crippen LogP contribution in [0.15, 0.2) is 58.5 Å². The molecule has 4 heterocycles. The van der Waals surface area contributed by atoms with Crippen LogP contribution in [0.1, 0.15) is 30.7 Å². The number of benzene rings is 2. The standard InChI is InChI=1S/C25H19N3O3S/c1-25(2)17-9-6-8-15-14-7-4-5-10-19(14)28(20(15)17)23-18(25)12-13(31-23)11-16-21(29)26-24(32)27(3)22(16)30/h4-12H,1-3H3,(H,26,29,32)/b16-11+. The van der Waals surface area contributed by atoms with E-state index >= 15 is 0 Å². The summed E-state index contributed by atoms with van der Waals surface area (Å²) in [6.07, 6.45) is 1.50. The van der Waals surface area contributed by atoms with E-state index in [9.17, 15) is 9.59 Å². The molecule has 6 rings (SSSR count). The molecule has 2 aliphatic rings. The fraction of sp³-hybridized carbons (Fsp3) is 0.160. The van der Waals surface area contributed by atoms with Crippen LogP contribution >= 0.6 is 12.2 Å². The summed E-state index contributed by atoms with van der Waals surface area (Å²) in [4.78, 5) is 26.3. The van der Waals surface area contributed by atoms with Gasteiger partial charge in [-0.05, 0) is 36.0 Å². The average molecular weight is 442 g/mol. The minimum absolute atomic E-state index is 0.00923. The van der Waals surface area contributed by atoms with Gasteiger partial charge in [0.15, 0.2) is 5.11 Å². The molecule has 7 heteroatoms. The summed E-state index contributed by atoms with van der Waals surface area (Å²) in [6.45, 7) is 4.33. The Morgan fingerprint density at radius 2 is 1.78 bits per heavy atom. The number of hydrogen-bond acceptors (Lipinski definition) is 4. The van der Waals surface area contributed by atoms with E-state index in [0.717, 1.165) is 22.0 Å². The lowest BCUT2D eigenvalue weighted by Gasteiger charge is -2.31. The van der Waals surface area contributed by atoms with E-state index in [-0.39, 0.29) is 16.1 Å². The Labute approximate surface area is 189 Å². The Balaban J connectivity index is 1.62. The zero-order chi connectivity index (χ0) is 22.4. The van der Waals surface area contributed by atoms with Gasteiger partial charge in [-0.25, -0.2) is 0 Å². The number of nitrogens with zero attached hydrogens (tertiary/aromatic N) is 2. The van der Waals surface area contributed by atoms with Gasteiger partial charge in [0.25, 0.3) is 11.8 Å². The summed E-state index contributed by atoms with van der Waals surface area (Å²) in [5, 5.41) is 4.96. The number of likely N-dealkylation sites (N-methyl/N-ethyl adjacent to an activating group) is 1. The van der Waals surface area contributed by atoms with Crippen LogP contribution in [0, 0.1) is 0 Å². The summed E-state index contributed by atoms with van der Waals surface area (Å²) in [5.41, 5.74) is 4.04. The average Bonchev–Trinajstić information content (AvgIpc) is 3.34. The third-order valence-electron chi connectivity index (χ3n) is 6.57. The molecule has 158 valence electrons. The quantitative estimate of drug-likeness (QED) is 0.272. The molecule has 2 amide bonds.